The Balaban J connectivity index is 3.15. The third-order valence-electron chi connectivity index (χ3n) is 3.09. The molecule has 0 aromatic heterocycles. The Morgan fingerprint density at radius 2 is 1.44 bits per heavy atom. The smallest absolute Gasteiger partial charge is 0.220 e. The lowest BCUT2D eigenvalue weighted by Crippen LogP contribution is -2.24. The molecule has 0 heterocycles. The van der Waals surface area contributed by atoms with Crippen molar-refractivity contribution in [2.45, 2.75) is 78.1 Å². The summed E-state index contributed by atoms with van der Waals surface area (Å²) in [6.07, 6.45) is 12.3. The van der Waals surface area contributed by atoms with E-state index in [9.17, 15) is 4.79 Å². The van der Waals surface area contributed by atoms with E-state index in [1.54, 1.807) is 0 Å². The molecule has 1 N–H and O–H groups in total. The molecule has 0 fully saturated rings. The second kappa shape index (κ2) is 12.7. The van der Waals surface area contributed by atoms with Gasteiger partial charge in [-0.25, -0.2) is 0 Å². The van der Waals surface area contributed by atoms with E-state index in [1.165, 1.54) is 51.4 Å². The average molecular weight is 253 g/mol. The zero-order valence-corrected chi connectivity index (χ0v) is 12.4. The Labute approximate surface area is 113 Å². The van der Waals surface area contributed by atoms with Crippen molar-refractivity contribution < 1.29 is 4.79 Å². The number of carbonyl (C=O) groups is 1. The number of amides is 1. The number of nitrogens with one attached hydrogen (secondary N) is 1. The molecule has 0 bridgehead atoms. The van der Waals surface area contributed by atoms with Crippen LogP contribution >= 0.6 is 0 Å². The highest BCUT2D eigenvalue weighted by Crippen LogP contribution is 2.10. The summed E-state index contributed by atoms with van der Waals surface area (Å²) >= 11 is 0. The van der Waals surface area contributed by atoms with Gasteiger partial charge in [0.05, 0.1) is 0 Å². The minimum atomic E-state index is 0.168. The van der Waals surface area contributed by atoms with E-state index >= 15 is 0 Å². The molecule has 0 spiro atoms. The fraction of sp³-hybridized carbons (Fsp3) is 0.812. The van der Waals surface area contributed by atoms with Crippen molar-refractivity contribution in [3.8, 4) is 0 Å². The molecule has 2 nitrogen and oxygen atoms in total. The van der Waals surface area contributed by atoms with Gasteiger partial charge in [-0.2, -0.15) is 0 Å². The molecule has 2 heteroatoms. The van der Waals surface area contributed by atoms with Crippen LogP contribution in [0, 0.1) is 0 Å². The average Bonchev–Trinajstić information content (AvgIpc) is 2.34. The van der Waals surface area contributed by atoms with Crippen LogP contribution in [0.25, 0.3) is 0 Å². The highest BCUT2D eigenvalue weighted by Gasteiger charge is 2.00. The summed E-state index contributed by atoms with van der Waals surface area (Å²) in [7, 11) is 0. The van der Waals surface area contributed by atoms with Crippen LogP contribution in [-0.2, 0) is 4.79 Å². The van der Waals surface area contributed by atoms with Gasteiger partial charge in [0, 0.05) is 13.0 Å². The summed E-state index contributed by atoms with van der Waals surface area (Å²) < 4.78 is 0. The maximum absolute atomic E-state index is 11.4. The van der Waals surface area contributed by atoms with Crippen molar-refractivity contribution in [1.82, 2.24) is 5.32 Å². The molecule has 106 valence electrons. The lowest BCUT2D eigenvalue weighted by molar-refractivity contribution is -0.121. The molecule has 0 radical (unpaired) electrons. The van der Waals surface area contributed by atoms with E-state index < -0.39 is 0 Å². The Morgan fingerprint density at radius 3 is 1.94 bits per heavy atom. The van der Waals surface area contributed by atoms with Crippen LogP contribution < -0.4 is 5.32 Å². The zero-order valence-electron chi connectivity index (χ0n) is 12.4. The van der Waals surface area contributed by atoms with E-state index in [0.29, 0.717) is 13.0 Å². The number of hydrogen-bond acceptors (Lipinski definition) is 1. The molecule has 1 amide bonds. The van der Waals surface area contributed by atoms with E-state index in [0.717, 1.165) is 12.0 Å². The fourth-order valence-corrected chi connectivity index (χ4v) is 1.93. The van der Waals surface area contributed by atoms with Crippen LogP contribution in [0.4, 0.5) is 0 Å². The second-order valence-corrected chi connectivity index (χ2v) is 5.31. The standard InChI is InChI=1S/C16H31NO/c1-4-5-6-7-8-9-10-11-12-13-16(18)17-14-15(2)3/h2,4-14H2,1,3H3,(H,17,18). The first-order valence-electron chi connectivity index (χ1n) is 7.58. The molecule has 0 aliphatic carbocycles. The summed E-state index contributed by atoms with van der Waals surface area (Å²) in [5.41, 5.74) is 1.01. The molecule has 0 aromatic rings. The molecule has 0 aromatic carbocycles. The lowest BCUT2D eigenvalue weighted by atomic mass is 10.1. The summed E-state index contributed by atoms with van der Waals surface area (Å²) in [5.74, 6) is 0.168. The lowest BCUT2D eigenvalue weighted by Gasteiger charge is -2.04. The number of carbonyl (C=O) groups excluding carboxylic acids is 1. The van der Waals surface area contributed by atoms with Gasteiger partial charge in [-0.15, -0.1) is 0 Å². The van der Waals surface area contributed by atoms with Gasteiger partial charge in [-0.3, -0.25) is 4.79 Å². The van der Waals surface area contributed by atoms with Crippen LogP contribution in [-0.4, -0.2) is 12.5 Å². The first-order valence-corrected chi connectivity index (χ1v) is 7.58. The van der Waals surface area contributed by atoms with Gasteiger partial charge in [0.15, 0.2) is 0 Å². The molecule has 0 unspecified atom stereocenters. The molecule has 0 atom stereocenters. The van der Waals surface area contributed by atoms with Crippen LogP contribution in [0.3, 0.4) is 0 Å². The van der Waals surface area contributed by atoms with Gasteiger partial charge in [-0.1, -0.05) is 70.4 Å². The van der Waals surface area contributed by atoms with E-state index in [4.69, 9.17) is 0 Å². The predicted octanol–water partition coefficient (Wildman–Crippen LogP) is 4.60. The molecule has 18 heavy (non-hydrogen) atoms. The third-order valence-corrected chi connectivity index (χ3v) is 3.09. The highest BCUT2D eigenvalue weighted by atomic mass is 16.1. The summed E-state index contributed by atoms with van der Waals surface area (Å²) in [5, 5.41) is 2.87. The number of unbranched alkanes of at least 4 members (excludes halogenated alkanes) is 8. The van der Waals surface area contributed by atoms with Crippen molar-refractivity contribution in [2.75, 3.05) is 6.54 Å². The number of rotatable bonds is 12. The normalized spacial score (nSPS) is 10.3. The summed E-state index contributed by atoms with van der Waals surface area (Å²) in [4.78, 5) is 11.4. The van der Waals surface area contributed by atoms with Crippen molar-refractivity contribution in [1.29, 1.82) is 0 Å². The van der Waals surface area contributed by atoms with E-state index in [2.05, 4.69) is 18.8 Å². The van der Waals surface area contributed by atoms with Gasteiger partial charge in [0.2, 0.25) is 5.91 Å². The maximum Gasteiger partial charge on any atom is 0.220 e. The Kier molecular flexibility index (Phi) is 12.1. The van der Waals surface area contributed by atoms with E-state index in [1.807, 2.05) is 6.92 Å². The second-order valence-electron chi connectivity index (χ2n) is 5.31. The molecule has 0 saturated heterocycles. The Hall–Kier alpha value is -0.790. The van der Waals surface area contributed by atoms with E-state index in [-0.39, 0.29) is 5.91 Å². The minimum Gasteiger partial charge on any atom is -0.352 e. The van der Waals surface area contributed by atoms with Crippen molar-refractivity contribution in [3.05, 3.63) is 12.2 Å². The Bertz CT molecular complexity index is 223. The zero-order chi connectivity index (χ0) is 13.6. The molecular formula is C16H31NO. The largest absolute Gasteiger partial charge is 0.352 e. The number of hydrogen-bond donors (Lipinski definition) is 1. The van der Waals surface area contributed by atoms with Gasteiger partial charge in [-0.05, 0) is 13.3 Å². The molecular weight excluding hydrogens is 222 g/mol. The van der Waals surface area contributed by atoms with Crippen LogP contribution in [0.1, 0.15) is 78.1 Å². The first kappa shape index (κ1) is 17.2. The quantitative estimate of drug-likeness (QED) is 0.400. The topological polar surface area (TPSA) is 29.1 Å². The monoisotopic (exact) mass is 253 g/mol. The van der Waals surface area contributed by atoms with Crippen molar-refractivity contribution in [2.24, 2.45) is 0 Å². The Morgan fingerprint density at radius 1 is 0.944 bits per heavy atom. The van der Waals surface area contributed by atoms with Crippen LogP contribution in [0.15, 0.2) is 12.2 Å². The predicted molar refractivity (Wildman–Crippen MR) is 79.7 cm³/mol. The summed E-state index contributed by atoms with van der Waals surface area (Å²) in [6.45, 7) is 8.56. The fourth-order valence-electron chi connectivity index (χ4n) is 1.93. The van der Waals surface area contributed by atoms with Gasteiger partial charge in [0.25, 0.3) is 0 Å². The minimum absolute atomic E-state index is 0.168. The SMILES string of the molecule is C=C(C)CNC(=O)CCCCCCCCCCC. The van der Waals surface area contributed by atoms with Gasteiger partial charge >= 0.3 is 0 Å². The highest BCUT2D eigenvalue weighted by molar-refractivity contribution is 5.76. The molecule has 0 aliphatic rings. The first-order chi connectivity index (χ1) is 8.66. The third kappa shape index (κ3) is 13.3. The maximum atomic E-state index is 11.4. The van der Waals surface area contributed by atoms with Gasteiger partial charge < -0.3 is 5.32 Å². The van der Waals surface area contributed by atoms with Crippen LogP contribution in [0.2, 0.25) is 0 Å². The van der Waals surface area contributed by atoms with Crippen LogP contribution in [0.5, 0.6) is 0 Å². The summed E-state index contributed by atoms with van der Waals surface area (Å²) in [6, 6.07) is 0. The molecule has 0 aliphatic heterocycles. The molecule has 0 saturated carbocycles. The van der Waals surface area contributed by atoms with Crippen molar-refractivity contribution >= 4 is 5.91 Å². The molecule has 0 rings (SSSR count). The van der Waals surface area contributed by atoms with Gasteiger partial charge in [0.1, 0.15) is 0 Å². The van der Waals surface area contributed by atoms with Crippen molar-refractivity contribution in [3.63, 3.8) is 0 Å².